The van der Waals surface area contributed by atoms with Gasteiger partial charge in [-0.1, -0.05) is 38.1 Å². The third-order valence-electron chi connectivity index (χ3n) is 3.92. The van der Waals surface area contributed by atoms with Gasteiger partial charge in [-0.2, -0.15) is 0 Å². The number of hydrogen-bond acceptors (Lipinski definition) is 4. The third kappa shape index (κ3) is 5.93. The van der Waals surface area contributed by atoms with Crippen molar-refractivity contribution in [2.75, 3.05) is 11.9 Å². The number of rotatable bonds is 7. The minimum Gasteiger partial charge on any atom is -0.493 e. The molecule has 1 heterocycles. The Kier molecular flexibility index (Phi) is 6.23. The number of nitrogens with zero attached hydrogens (tertiary/aromatic N) is 1. The van der Waals surface area contributed by atoms with E-state index in [1.807, 2.05) is 40.7 Å². The SMILES string of the molecule is Cc1ccc(C)c(OCCCCC(=O)Nc2cc(C(C)(C)C)on2)c1. The predicted molar refractivity (Wildman–Crippen MR) is 99.1 cm³/mol. The standard InChI is InChI=1S/C20H28N2O3/c1-14-9-10-15(2)16(12-14)24-11-7-6-8-19(23)21-18-13-17(25-22-18)20(3,4)5/h9-10,12-13H,6-8,11H2,1-5H3,(H,21,22,23). The van der Waals surface area contributed by atoms with E-state index in [1.165, 1.54) is 5.56 Å². The first-order valence-electron chi connectivity index (χ1n) is 8.73. The van der Waals surface area contributed by atoms with Crippen molar-refractivity contribution in [1.82, 2.24) is 5.16 Å². The Morgan fingerprint density at radius 2 is 1.96 bits per heavy atom. The van der Waals surface area contributed by atoms with Crippen LogP contribution in [0.15, 0.2) is 28.8 Å². The number of carbonyl (C=O) groups excluding carboxylic acids is 1. The molecule has 1 aromatic carbocycles. The van der Waals surface area contributed by atoms with Gasteiger partial charge in [0, 0.05) is 17.9 Å². The molecule has 5 heteroatoms. The molecule has 1 N–H and O–H groups in total. The highest BCUT2D eigenvalue weighted by Crippen LogP contribution is 2.24. The molecule has 0 saturated heterocycles. The second-order valence-corrected chi connectivity index (χ2v) is 7.45. The molecule has 0 fully saturated rings. The number of carbonyl (C=O) groups is 1. The summed E-state index contributed by atoms with van der Waals surface area (Å²) in [5.41, 5.74) is 2.19. The van der Waals surface area contributed by atoms with Gasteiger partial charge in [-0.25, -0.2) is 0 Å². The lowest BCUT2D eigenvalue weighted by Crippen LogP contribution is -2.12. The van der Waals surface area contributed by atoms with Crippen molar-refractivity contribution in [1.29, 1.82) is 0 Å². The van der Waals surface area contributed by atoms with E-state index in [0.29, 0.717) is 18.8 Å². The number of nitrogens with one attached hydrogen (secondary N) is 1. The molecule has 0 radical (unpaired) electrons. The van der Waals surface area contributed by atoms with Gasteiger partial charge in [-0.15, -0.1) is 0 Å². The Hall–Kier alpha value is -2.30. The van der Waals surface area contributed by atoms with Crippen LogP contribution in [-0.4, -0.2) is 17.7 Å². The van der Waals surface area contributed by atoms with E-state index in [2.05, 4.69) is 22.6 Å². The average molecular weight is 344 g/mol. The number of anilines is 1. The van der Waals surface area contributed by atoms with E-state index < -0.39 is 0 Å². The molecule has 1 aromatic heterocycles. The van der Waals surface area contributed by atoms with Crippen molar-refractivity contribution in [3.05, 3.63) is 41.2 Å². The van der Waals surface area contributed by atoms with Crippen LogP contribution in [0.3, 0.4) is 0 Å². The summed E-state index contributed by atoms with van der Waals surface area (Å²) in [5.74, 6) is 2.09. The van der Waals surface area contributed by atoms with Crippen molar-refractivity contribution in [3.63, 3.8) is 0 Å². The molecule has 0 aliphatic carbocycles. The number of hydrogen-bond donors (Lipinski definition) is 1. The molecule has 5 nitrogen and oxygen atoms in total. The number of benzene rings is 1. The van der Waals surface area contributed by atoms with E-state index in [-0.39, 0.29) is 11.3 Å². The molecule has 2 aromatic rings. The maximum absolute atomic E-state index is 12.0. The fraction of sp³-hybridized carbons (Fsp3) is 0.500. The highest BCUT2D eigenvalue weighted by atomic mass is 16.5. The molecular formula is C20H28N2O3. The fourth-order valence-corrected chi connectivity index (χ4v) is 2.33. The number of amides is 1. The molecule has 0 saturated carbocycles. The summed E-state index contributed by atoms with van der Waals surface area (Å²) < 4.78 is 11.1. The second-order valence-electron chi connectivity index (χ2n) is 7.45. The van der Waals surface area contributed by atoms with Gasteiger partial charge < -0.3 is 14.6 Å². The Balaban J connectivity index is 1.69. The van der Waals surface area contributed by atoms with E-state index >= 15 is 0 Å². The summed E-state index contributed by atoms with van der Waals surface area (Å²) in [6, 6.07) is 7.95. The summed E-state index contributed by atoms with van der Waals surface area (Å²) in [7, 11) is 0. The molecule has 0 aliphatic heterocycles. The van der Waals surface area contributed by atoms with Gasteiger partial charge in [0.1, 0.15) is 11.5 Å². The van der Waals surface area contributed by atoms with E-state index in [4.69, 9.17) is 9.26 Å². The quantitative estimate of drug-likeness (QED) is 0.734. The number of aromatic nitrogens is 1. The maximum atomic E-state index is 12.0. The van der Waals surface area contributed by atoms with Gasteiger partial charge in [0.05, 0.1) is 6.61 Å². The minimum absolute atomic E-state index is 0.0551. The zero-order valence-corrected chi connectivity index (χ0v) is 15.8. The van der Waals surface area contributed by atoms with Crippen LogP contribution in [0.5, 0.6) is 5.75 Å². The molecule has 0 aliphatic rings. The topological polar surface area (TPSA) is 64.4 Å². The molecular weight excluding hydrogens is 316 g/mol. The summed E-state index contributed by atoms with van der Waals surface area (Å²) in [6.45, 7) is 10.8. The second kappa shape index (κ2) is 8.19. The van der Waals surface area contributed by atoms with E-state index in [1.54, 1.807) is 6.07 Å². The number of aryl methyl sites for hydroxylation is 2. The zero-order valence-electron chi connectivity index (χ0n) is 15.8. The molecule has 0 unspecified atom stereocenters. The van der Waals surface area contributed by atoms with Gasteiger partial charge in [-0.05, 0) is 43.9 Å². The van der Waals surface area contributed by atoms with Crippen LogP contribution in [0.2, 0.25) is 0 Å². The van der Waals surface area contributed by atoms with Crippen molar-refractivity contribution in [2.45, 2.75) is 59.3 Å². The Morgan fingerprint density at radius 1 is 1.20 bits per heavy atom. The monoisotopic (exact) mass is 344 g/mol. The van der Waals surface area contributed by atoms with E-state index in [0.717, 1.165) is 29.9 Å². The summed E-state index contributed by atoms with van der Waals surface area (Å²) in [5, 5.41) is 6.67. The Bertz CT molecular complexity index is 714. The summed E-state index contributed by atoms with van der Waals surface area (Å²) in [4.78, 5) is 12.0. The van der Waals surface area contributed by atoms with Gasteiger partial charge in [0.2, 0.25) is 5.91 Å². The van der Waals surface area contributed by atoms with Crippen molar-refractivity contribution in [3.8, 4) is 5.75 Å². The molecule has 25 heavy (non-hydrogen) atoms. The van der Waals surface area contributed by atoms with Crippen LogP contribution < -0.4 is 10.1 Å². The van der Waals surface area contributed by atoms with Crippen LogP contribution >= 0.6 is 0 Å². The predicted octanol–water partition coefficient (Wildman–Crippen LogP) is 4.78. The molecule has 0 spiro atoms. The lowest BCUT2D eigenvalue weighted by Gasteiger charge is -2.12. The van der Waals surface area contributed by atoms with Crippen molar-refractivity contribution < 1.29 is 14.1 Å². The minimum atomic E-state index is -0.124. The van der Waals surface area contributed by atoms with Crippen LogP contribution in [0, 0.1) is 13.8 Å². The lowest BCUT2D eigenvalue weighted by atomic mass is 9.93. The highest BCUT2D eigenvalue weighted by molar-refractivity contribution is 5.89. The Morgan fingerprint density at radius 3 is 2.64 bits per heavy atom. The molecule has 136 valence electrons. The first kappa shape index (κ1) is 19.0. The largest absolute Gasteiger partial charge is 0.493 e. The average Bonchev–Trinajstić information content (AvgIpc) is 2.99. The lowest BCUT2D eigenvalue weighted by molar-refractivity contribution is -0.116. The molecule has 2 rings (SSSR count). The van der Waals surface area contributed by atoms with Gasteiger partial charge in [0.15, 0.2) is 5.82 Å². The normalized spacial score (nSPS) is 11.4. The Labute approximate surface area is 149 Å². The van der Waals surface area contributed by atoms with Gasteiger partial charge >= 0.3 is 0 Å². The van der Waals surface area contributed by atoms with Gasteiger partial charge in [0.25, 0.3) is 0 Å². The number of ether oxygens (including phenoxy) is 1. The van der Waals surface area contributed by atoms with Crippen LogP contribution in [0.1, 0.15) is 56.9 Å². The summed E-state index contributed by atoms with van der Waals surface area (Å²) >= 11 is 0. The number of unbranched alkanes of at least 4 members (excludes halogenated alkanes) is 1. The highest BCUT2D eigenvalue weighted by Gasteiger charge is 2.20. The maximum Gasteiger partial charge on any atom is 0.225 e. The van der Waals surface area contributed by atoms with Crippen LogP contribution in [0.25, 0.3) is 0 Å². The smallest absolute Gasteiger partial charge is 0.225 e. The fourth-order valence-electron chi connectivity index (χ4n) is 2.33. The van der Waals surface area contributed by atoms with Crippen molar-refractivity contribution >= 4 is 11.7 Å². The van der Waals surface area contributed by atoms with E-state index in [9.17, 15) is 4.79 Å². The van der Waals surface area contributed by atoms with Crippen LogP contribution in [0.4, 0.5) is 5.82 Å². The summed E-state index contributed by atoms with van der Waals surface area (Å²) in [6.07, 6.45) is 2.03. The van der Waals surface area contributed by atoms with Gasteiger partial charge in [-0.3, -0.25) is 4.79 Å². The zero-order chi connectivity index (χ0) is 18.4. The third-order valence-corrected chi connectivity index (χ3v) is 3.92. The first-order chi connectivity index (χ1) is 11.8. The molecule has 0 bridgehead atoms. The van der Waals surface area contributed by atoms with Crippen molar-refractivity contribution in [2.24, 2.45) is 0 Å². The van der Waals surface area contributed by atoms with Crippen LogP contribution in [-0.2, 0) is 10.2 Å². The molecule has 0 atom stereocenters. The molecule has 1 amide bonds. The first-order valence-corrected chi connectivity index (χ1v) is 8.73.